The molecule has 1 aromatic carbocycles. The lowest BCUT2D eigenvalue weighted by Crippen LogP contribution is -2.50. The number of fused-ring (bicyclic) bond motifs is 5. The molecule has 3 aliphatic carbocycles. The van der Waals surface area contributed by atoms with Gasteiger partial charge in [-0.05, 0) is 91.7 Å². The Hall–Kier alpha value is -2.84. The van der Waals surface area contributed by atoms with E-state index in [9.17, 15) is 15.0 Å². The standard InChI is InChI=1S/C20H24O2.C6H6N2O/c1-3-20(22)11-9-18-17-6-4-13-12-14(21)5-7-15(13)16(17)8-10-19(18,20)2;7-6(9)5-2-1-3-8-4-5/h1,5,7,12,16-18,21-22H,4,6,8-11H2,2H3;1-4H,(H2,7,9)/t16-,17-,18+,19+,20+;/m1./s1. The van der Waals surface area contributed by atoms with Gasteiger partial charge in [0, 0.05) is 17.8 Å². The van der Waals surface area contributed by atoms with Crippen molar-refractivity contribution in [1.29, 1.82) is 0 Å². The molecule has 2 saturated carbocycles. The van der Waals surface area contributed by atoms with Crippen LogP contribution in [-0.2, 0) is 6.42 Å². The Morgan fingerprint density at radius 2 is 2.06 bits per heavy atom. The number of pyridine rings is 1. The van der Waals surface area contributed by atoms with Crippen molar-refractivity contribution in [2.75, 3.05) is 0 Å². The molecule has 5 atom stereocenters. The minimum Gasteiger partial charge on any atom is -0.508 e. The molecule has 0 bridgehead atoms. The SMILES string of the molecule is C#C[C@]1(O)CC[C@H]2[C@@H]3CCc4cc(O)ccc4[C@H]3CC[C@@]21C.NC(=O)c1cccnc1. The minimum absolute atomic E-state index is 0.128. The average Bonchev–Trinajstić information content (AvgIpc) is 3.06. The van der Waals surface area contributed by atoms with Crippen LogP contribution in [0, 0.1) is 29.6 Å². The fourth-order valence-corrected chi connectivity index (χ4v) is 6.33. The highest BCUT2D eigenvalue weighted by Gasteiger charge is 2.61. The van der Waals surface area contributed by atoms with Crippen LogP contribution in [0.5, 0.6) is 5.75 Å². The molecule has 2 fully saturated rings. The van der Waals surface area contributed by atoms with Gasteiger partial charge in [-0.2, -0.15) is 0 Å². The third-order valence-electron chi connectivity index (χ3n) is 8.05. The smallest absolute Gasteiger partial charge is 0.250 e. The number of aliphatic hydroxyl groups is 1. The zero-order valence-corrected chi connectivity index (χ0v) is 17.9. The van der Waals surface area contributed by atoms with E-state index in [0.717, 1.165) is 38.5 Å². The maximum absolute atomic E-state index is 10.9. The summed E-state index contributed by atoms with van der Waals surface area (Å²) in [6, 6.07) is 9.16. The summed E-state index contributed by atoms with van der Waals surface area (Å²) in [5.74, 6) is 4.38. The van der Waals surface area contributed by atoms with E-state index in [0.29, 0.717) is 29.1 Å². The fourth-order valence-electron chi connectivity index (χ4n) is 6.33. The molecule has 0 radical (unpaired) electrons. The first-order chi connectivity index (χ1) is 14.8. The molecule has 4 N–H and O–H groups in total. The summed E-state index contributed by atoms with van der Waals surface area (Å²) >= 11 is 0. The number of nitrogens with two attached hydrogens (primary N) is 1. The highest BCUT2D eigenvalue weighted by molar-refractivity contribution is 5.92. The quantitative estimate of drug-likeness (QED) is 0.614. The van der Waals surface area contributed by atoms with Crippen LogP contribution in [0.4, 0.5) is 0 Å². The molecule has 31 heavy (non-hydrogen) atoms. The van der Waals surface area contributed by atoms with E-state index >= 15 is 0 Å². The third-order valence-corrected chi connectivity index (χ3v) is 8.05. The van der Waals surface area contributed by atoms with Gasteiger partial charge in [-0.15, -0.1) is 6.42 Å². The summed E-state index contributed by atoms with van der Waals surface area (Å²) in [4.78, 5) is 14.1. The fraction of sp³-hybridized carbons (Fsp3) is 0.462. The van der Waals surface area contributed by atoms with E-state index in [1.165, 1.54) is 17.3 Å². The van der Waals surface area contributed by atoms with Crippen LogP contribution in [0.3, 0.4) is 0 Å². The number of aryl methyl sites for hydroxylation is 1. The molecule has 1 aromatic heterocycles. The molecule has 2 aromatic rings. The zero-order chi connectivity index (χ0) is 22.2. The first-order valence-corrected chi connectivity index (χ1v) is 11.0. The second kappa shape index (κ2) is 8.01. The van der Waals surface area contributed by atoms with Crippen LogP contribution in [0.2, 0.25) is 0 Å². The summed E-state index contributed by atoms with van der Waals surface area (Å²) < 4.78 is 0. The number of primary amides is 1. The van der Waals surface area contributed by atoms with Crippen molar-refractivity contribution < 1.29 is 15.0 Å². The molecule has 0 aliphatic heterocycles. The van der Waals surface area contributed by atoms with Crippen LogP contribution >= 0.6 is 0 Å². The summed E-state index contributed by atoms with van der Waals surface area (Å²) in [6.07, 6.45) is 14.8. The molecular formula is C26H30N2O3. The molecule has 162 valence electrons. The summed E-state index contributed by atoms with van der Waals surface area (Å²) in [7, 11) is 0. The normalized spacial score (nSPS) is 33.0. The van der Waals surface area contributed by atoms with E-state index < -0.39 is 11.5 Å². The molecule has 5 rings (SSSR count). The van der Waals surface area contributed by atoms with Gasteiger partial charge in [0.2, 0.25) is 5.91 Å². The average molecular weight is 419 g/mol. The summed E-state index contributed by atoms with van der Waals surface area (Å²) in [6.45, 7) is 2.22. The Bertz CT molecular complexity index is 1020. The second-order valence-corrected chi connectivity index (χ2v) is 9.40. The second-order valence-electron chi connectivity index (χ2n) is 9.40. The van der Waals surface area contributed by atoms with Crippen LogP contribution in [0.15, 0.2) is 42.7 Å². The number of carbonyl (C=O) groups is 1. The van der Waals surface area contributed by atoms with Gasteiger partial charge >= 0.3 is 0 Å². The Kier molecular flexibility index (Phi) is 5.53. The molecule has 1 heterocycles. The lowest BCUT2D eigenvalue weighted by molar-refractivity contribution is -0.0646. The number of benzene rings is 1. The van der Waals surface area contributed by atoms with Gasteiger partial charge in [-0.1, -0.05) is 18.9 Å². The predicted octanol–water partition coefficient (Wildman–Crippen LogP) is 3.79. The number of hydrogen-bond donors (Lipinski definition) is 3. The van der Waals surface area contributed by atoms with Crippen molar-refractivity contribution in [3.63, 3.8) is 0 Å². The lowest BCUT2D eigenvalue weighted by Gasteiger charge is -2.52. The van der Waals surface area contributed by atoms with Crippen LogP contribution in [-0.4, -0.2) is 26.7 Å². The van der Waals surface area contributed by atoms with Crippen LogP contribution in [0.25, 0.3) is 0 Å². The number of hydrogen-bond acceptors (Lipinski definition) is 4. The maximum atomic E-state index is 10.9. The Morgan fingerprint density at radius 1 is 1.26 bits per heavy atom. The van der Waals surface area contributed by atoms with E-state index in [1.807, 2.05) is 12.1 Å². The van der Waals surface area contributed by atoms with E-state index in [-0.39, 0.29) is 5.41 Å². The van der Waals surface area contributed by atoms with Gasteiger partial charge in [0.1, 0.15) is 11.4 Å². The highest BCUT2D eigenvalue weighted by atomic mass is 16.3. The van der Waals surface area contributed by atoms with E-state index in [2.05, 4.69) is 23.9 Å². The van der Waals surface area contributed by atoms with Crippen molar-refractivity contribution in [2.24, 2.45) is 23.0 Å². The molecule has 1 amide bonds. The van der Waals surface area contributed by atoms with Crippen molar-refractivity contribution in [1.82, 2.24) is 4.98 Å². The first-order valence-electron chi connectivity index (χ1n) is 11.0. The van der Waals surface area contributed by atoms with Gasteiger partial charge in [0.25, 0.3) is 0 Å². The largest absolute Gasteiger partial charge is 0.508 e. The number of aromatic nitrogens is 1. The van der Waals surface area contributed by atoms with Crippen molar-refractivity contribution >= 4 is 5.91 Å². The van der Waals surface area contributed by atoms with E-state index in [4.69, 9.17) is 12.2 Å². The van der Waals surface area contributed by atoms with Crippen molar-refractivity contribution in [2.45, 2.75) is 57.0 Å². The van der Waals surface area contributed by atoms with Crippen molar-refractivity contribution in [3.8, 4) is 18.1 Å². The number of phenolic OH excluding ortho intramolecular Hbond substituents is 1. The monoisotopic (exact) mass is 418 g/mol. The highest BCUT2D eigenvalue weighted by Crippen LogP contribution is 2.64. The number of aromatic hydroxyl groups is 1. The van der Waals surface area contributed by atoms with Crippen LogP contribution < -0.4 is 5.73 Å². The number of phenols is 1. The number of terminal acetylenes is 1. The third kappa shape index (κ3) is 3.59. The van der Waals surface area contributed by atoms with Gasteiger partial charge in [0.05, 0.1) is 5.56 Å². The number of carbonyl (C=O) groups excluding carboxylic acids is 1. The zero-order valence-electron chi connectivity index (χ0n) is 17.9. The number of amides is 1. The maximum Gasteiger partial charge on any atom is 0.250 e. The van der Waals surface area contributed by atoms with Gasteiger partial charge < -0.3 is 15.9 Å². The molecule has 5 heteroatoms. The topological polar surface area (TPSA) is 96.4 Å². The number of rotatable bonds is 1. The minimum atomic E-state index is -0.919. The first kappa shape index (κ1) is 21.4. The van der Waals surface area contributed by atoms with Gasteiger partial charge in [0.15, 0.2) is 0 Å². The molecular weight excluding hydrogens is 388 g/mol. The molecule has 0 unspecified atom stereocenters. The van der Waals surface area contributed by atoms with Gasteiger partial charge in [-0.3, -0.25) is 9.78 Å². The molecule has 5 nitrogen and oxygen atoms in total. The predicted molar refractivity (Wildman–Crippen MR) is 119 cm³/mol. The van der Waals surface area contributed by atoms with Gasteiger partial charge in [-0.25, -0.2) is 0 Å². The molecule has 0 spiro atoms. The Balaban J connectivity index is 0.000000217. The Labute approximate surface area is 183 Å². The molecule has 3 aliphatic rings. The van der Waals surface area contributed by atoms with Crippen LogP contribution in [0.1, 0.15) is 66.4 Å². The summed E-state index contributed by atoms with van der Waals surface area (Å²) in [5.41, 5.74) is 7.07. The number of nitrogens with zero attached hydrogens (tertiary/aromatic N) is 1. The van der Waals surface area contributed by atoms with E-state index in [1.54, 1.807) is 18.3 Å². The van der Waals surface area contributed by atoms with Crippen molar-refractivity contribution in [3.05, 3.63) is 59.4 Å². The Morgan fingerprint density at radius 3 is 2.71 bits per heavy atom. The molecule has 0 saturated heterocycles. The summed E-state index contributed by atoms with van der Waals surface area (Å²) in [5, 5.41) is 20.6. The lowest BCUT2D eigenvalue weighted by atomic mass is 9.53.